The molecule has 1 aromatic carbocycles. The third-order valence-corrected chi connectivity index (χ3v) is 6.20. The Balaban J connectivity index is 2.32. The van der Waals surface area contributed by atoms with E-state index in [-0.39, 0.29) is 10.2 Å². The van der Waals surface area contributed by atoms with Crippen LogP contribution in [0.4, 0.5) is 0 Å². The molecule has 1 fully saturated rings. The van der Waals surface area contributed by atoms with Crippen LogP contribution in [-0.4, -0.2) is 6.61 Å². The Kier molecular flexibility index (Phi) is 5.08. The number of alkyl halides is 1. The van der Waals surface area contributed by atoms with E-state index in [9.17, 15) is 0 Å². The maximum Gasteiger partial charge on any atom is 0.139 e. The minimum Gasteiger partial charge on any atom is -0.492 e. The predicted octanol–water partition coefficient (Wildman–Crippen LogP) is 6.41. The first-order valence-electron chi connectivity index (χ1n) is 6.74. The van der Waals surface area contributed by atoms with E-state index in [2.05, 4.69) is 22.9 Å². The third kappa shape index (κ3) is 3.22. The Morgan fingerprint density at radius 3 is 2.47 bits per heavy atom. The van der Waals surface area contributed by atoms with Crippen molar-refractivity contribution >= 4 is 39.1 Å². The van der Waals surface area contributed by atoms with E-state index in [1.54, 1.807) is 0 Å². The van der Waals surface area contributed by atoms with Gasteiger partial charge in [-0.2, -0.15) is 0 Å². The standard InChI is InChI=1S/C15H19BrCl2O/c1-3-19-13-9-11(17)10(8-12(13)18)14(16)15(2)6-4-5-7-15/h8-9,14H,3-7H2,1-2H3. The minimum absolute atomic E-state index is 0.239. The van der Waals surface area contributed by atoms with E-state index in [1.807, 2.05) is 19.1 Å². The van der Waals surface area contributed by atoms with Gasteiger partial charge < -0.3 is 4.74 Å². The summed E-state index contributed by atoms with van der Waals surface area (Å²) in [6.07, 6.45) is 5.04. The van der Waals surface area contributed by atoms with Gasteiger partial charge in [-0.05, 0) is 36.8 Å². The van der Waals surface area contributed by atoms with Crippen molar-refractivity contribution in [2.24, 2.45) is 5.41 Å². The fourth-order valence-corrected chi connectivity index (χ4v) is 4.27. The maximum atomic E-state index is 6.40. The molecule has 1 unspecified atom stereocenters. The summed E-state index contributed by atoms with van der Waals surface area (Å²) in [5, 5.41) is 1.36. The molecule has 0 N–H and O–H groups in total. The summed E-state index contributed by atoms with van der Waals surface area (Å²) in [5.74, 6) is 0.661. The second kappa shape index (κ2) is 6.24. The van der Waals surface area contributed by atoms with E-state index in [0.29, 0.717) is 17.4 Å². The van der Waals surface area contributed by atoms with Crippen LogP contribution in [0.3, 0.4) is 0 Å². The van der Waals surface area contributed by atoms with Crippen LogP contribution in [0.2, 0.25) is 10.0 Å². The Morgan fingerprint density at radius 2 is 1.89 bits per heavy atom. The van der Waals surface area contributed by atoms with E-state index in [0.717, 1.165) is 10.6 Å². The minimum atomic E-state index is 0.239. The van der Waals surface area contributed by atoms with Gasteiger partial charge in [-0.25, -0.2) is 0 Å². The van der Waals surface area contributed by atoms with E-state index < -0.39 is 0 Å². The fraction of sp³-hybridized carbons (Fsp3) is 0.600. The summed E-state index contributed by atoms with van der Waals surface area (Å²) < 4.78 is 5.47. The summed E-state index contributed by atoms with van der Waals surface area (Å²) >= 11 is 16.5. The summed E-state index contributed by atoms with van der Waals surface area (Å²) in [6.45, 7) is 4.84. The number of rotatable bonds is 4. The first kappa shape index (κ1) is 15.5. The summed E-state index contributed by atoms with van der Waals surface area (Å²) in [5.41, 5.74) is 1.33. The van der Waals surface area contributed by atoms with Gasteiger partial charge in [0, 0.05) is 15.9 Å². The zero-order valence-electron chi connectivity index (χ0n) is 11.3. The first-order valence-corrected chi connectivity index (χ1v) is 8.41. The van der Waals surface area contributed by atoms with Crippen LogP contribution >= 0.6 is 39.1 Å². The van der Waals surface area contributed by atoms with Gasteiger partial charge in [0.05, 0.1) is 11.6 Å². The first-order chi connectivity index (χ1) is 8.98. The topological polar surface area (TPSA) is 9.23 Å². The van der Waals surface area contributed by atoms with E-state index in [1.165, 1.54) is 25.7 Å². The lowest BCUT2D eigenvalue weighted by Gasteiger charge is -2.31. The molecule has 1 atom stereocenters. The molecule has 4 heteroatoms. The Labute approximate surface area is 133 Å². The van der Waals surface area contributed by atoms with Gasteiger partial charge in [0.25, 0.3) is 0 Å². The van der Waals surface area contributed by atoms with E-state index >= 15 is 0 Å². The average molecular weight is 366 g/mol. The second-order valence-corrected chi connectivity index (χ2v) is 7.19. The number of halogens is 3. The lowest BCUT2D eigenvalue weighted by Crippen LogP contribution is -2.18. The third-order valence-electron chi connectivity index (χ3n) is 3.98. The molecular formula is C15H19BrCl2O. The van der Waals surface area contributed by atoms with Crippen LogP contribution in [0.5, 0.6) is 5.75 Å². The Morgan fingerprint density at radius 1 is 1.26 bits per heavy atom. The highest BCUT2D eigenvalue weighted by Gasteiger charge is 2.37. The van der Waals surface area contributed by atoms with Crippen LogP contribution in [0.1, 0.15) is 49.9 Å². The molecule has 19 heavy (non-hydrogen) atoms. The van der Waals surface area contributed by atoms with Crippen molar-refractivity contribution in [3.8, 4) is 5.75 Å². The molecule has 0 heterocycles. The van der Waals surface area contributed by atoms with Crippen molar-refractivity contribution in [3.63, 3.8) is 0 Å². The van der Waals surface area contributed by atoms with Crippen molar-refractivity contribution in [2.45, 2.75) is 44.4 Å². The molecule has 0 aromatic heterocycles. The molecule has 0 spiro atoms. The molecule has 0 aliphatic heterocycles. The van der Waals surface area contributed by atoms with Gasteiger partial charge in [-0.15, -0.1) is 0 Å². The van der Waals surface area contributed by atoms with Gasteiger partial charge >= 0.3 is 0 Å². The molecule has 0 saturated heterocycles. The zero-order chi connectivity index (χ0) is 14.0. The molecule has 106 valence electrons. The molecule has 1 aromatic rings. The summed E-state index contributed by atoms with van der Waals surface area (Å²) in [6, 6.07) is 3.77. The number of hydrogen-bond acceptors (Lipinski definition) is 1. The van der Waals surface area contributed by atoms with Crippen LogP contribution in [0.25, 0.3) is 0 Å². The molecule has 0 radical (unpaired) electrons. The van der Waals surface area contributed by atoms with E-state index in [4.69, 9.17) is 27.9 Å². The maximum absolute atomic E-state index is 6.40. The normalized spacial score (nSPS) is 19.4. The zero-order valence-corrected chi connectivity index (χ0v) is 14.4. The fourth-order valence-electron chi connectivity index (χ4n) is 2.82. The molecule has 1 nitrogen and oxygen atoms in total. The second-order valence-electron chi connectivity index (χ2n) is 5.46. The highest BCUT2D eigenvalue weighted by Crippen LogP contribution is 2.53. The Hall–Kier alpha value is 0.0800. The Bertz CT molecular complexity index is 456. The van der Waals surface area contributed by atoms with Gasteiger partial charge in [0.15, 0.2) is 0 Å². The highest BCUT2D eigenvalue weighted by molar-refractivity contribution is 9.09. The summed E-state index contributed by atoms with van der Waals surface area (Å²) in [7, 11) is 0. The smallest absolute Gasteiger partial charge is 0.139 e. The van der Waals surface area contributed by atoms with Crippen LogP contribution in [0.15, 0.2) is 12.1 Å². The van der Waals surface area contributed by atoms with Gasteiger partial charge in [0.1, 0.15) is 5.75 Å². The van der Waals surface area contributed by atoms with Gasteiger partial charge in [-0.1, -0.05) is 58.9 Å². The molecule has 1 aliphatic carbocycles. The van der Waals surface area contributed by atoms with Crippen molar-refractivity contribution in [3.05, 3.63) is 27.7 Å². The number of ether oxygens (including phenoxy) is 1. The van der Waals surface area contributed by atoms with Crippen molar-refractivity contribution in [1.82, 2.24) is 0 Å². The van der Waals surface area contributed by atoms with Crippen LogP contribution < -0.4 is 4.74 Å². The lowest BCUT2D eigenvalue weighted by molar-refractivity contribution is 0.329. The predicted molar refractivity (Wildman–Crippen MR) is 85.9 cm³/mol. The molecule has 2 rings (SSSR count). The van der Waals surface area contributed by atoms with Gasteiger partial charge in [0.2, 0.25) is 0 Å². The summed E-state index contributed by atoms with van der Waals surface area (Å²) in [4.78, 5) is 0.239. The quantitative estimate of drug-likeness (QED) is 0.560. The highest BCUT2D eigenvalue weighted by atomic mass is 79.9. The molecule has 0 amide bonds. The van der Waals surface area contributed by atoms with Crippen LogP contribution in [-0.2, 0) is 0 Å². The average Bonchev–Trinajstić information content (AvgIpc) is 2.81. The largest absolute Gasteiger partial charge is 0.492 e. The molecule has 0 bridgehead atoms. The SMILES string of the molecule is CCOc1cc(Cl)c(C(Br)C2(C)CCCC2)cc1Cl. The molecular weight excluding hydrogens is 347 g/mol. The lowest BCUT2D eigenvalue weighted by atomic mass is 9.82. The van der Waals surface area contributed by atoms with Crippen LogP contribution in [0, 0.1) is 5.41 Å². The van der Waals surface area contributed by atoms with Crippen molar-refractivity contribution in [1.29, 1.82) is 0 Å². The monoisotopic (exact) mass is 364 g/mol. The number of hydrogen-bond donors (Lipinski definition) is 0. The molecule has 1 saturated carbocycles. The number of benzene rings is 1. The molecule has 1 aliphatic rings. The van der Waals surface area contributed by atoms with Crippen molar-refractivity contribution < 1.29 is 4.74 Å². The van der Waals surface area contributed by atoms with Crippen molar-refractivity contribution in [2.75, 3.05) is 6.61 Å². The van der Waals surface area contributed by atoms with Gasteiger partial charge in [-0.3, -0.25) is 0 Å².